The summed E-state index contributed by atoms with van der Waals surface area (Å²) >= 11 is 0. The second-order valence-corrected chi connectivity index (χ2v) is 9.75. The number of hydrogen-bond acceptors (Lipinski definition) is 3. The van der Waals surface area contributed by atoms with Crippen molar-refractivity contribution < 1.29 is 4.79 Å². The third-order valence-electron chi connectivity index (χ3n) is 7.49. The lowest BCUT2D eigenvalue weighted by atomic mass is 9.95. The van der Waals surface area contributed by atoms with Crippen LogP contribution in [0, 0.1) is 5.92 Å². The molecule has 6 heteroatoms. The minimum atomic E-state index is 0. The normalized spacial score (nSPS) is 17.9. The second kappa shape index (κ2) is 12.7. The number of rotatable bonds is 7. The number of likely N-dealkylation sites (N-methyl/N-ethyl adjacent to an activating group) is 1. The van der Waals surface area contributed by atoms with Gasteiger partial charge in [-0.1, -0.05) is 54.6 Å². The van der Waals surface area contributed by atoms with Gasteiger partial charge in [-0.2, -0.15) is 0 Å². The highest BCUT2D eigenvalue weighted by Crippen LogP contribution is 2.29. The molecular weight excluding hydrogens is 477 g/mol. The minimum Gasteiger partial charge on any atom is -0.337 e. The molecule has 1 aliphatic heterocycles. The van der Waals surface area contributed by atoms with Gasteiger partial charge in [-0.3, -0.25) is 9.69 Å². The molecule has 1 amide bonds. The van der Waals surface area contributed by atoms with E-state index in [0.29, 0.717) is 12.0 Å². The van der Waals surface area contributed by atoms with Gasteiger partial charge in [-0.15, -0.1) is 24.8 Å². The molecule has 0 aromatic heterocycles. The summed E-state index contributed by atoms with van der Waals surface area (Å²) in [6.45, 7) is 4.68. The summed E-state index contributed by atoms with van der Waals surface area (Å²) in [7, 11) is 1.96. The Kier molecular flexibility index (Phi) is 9.99. The van der Waals surface area contributed by atoms with E-state index in [-0.39, 0.29) is 30.7 Å². The number of likely N-dealkylation sites (tertiary alicyclic amines) is 1. The maximum atomic E-state index is 13.5. The van der Waals surface area contributed by atoms with Crippen LogP contribution in [0.1, 0.15) is 34.3 Å². The fourth-order valence-electron chi connectivity index (χ4n) is 5.71. The molecule has 3 aromatic carbocycles. The summed E-state index contributed by atoms with van der Waals surface area (Å²) in [5.74, 6) is 0.685. The highest BCUT2D eigenvalue weighted by Gasteiger charge is 2.31. The maximum absolute atomic E-state index is 13.5. The fraction of sp³-hybridized carbons (Fsp3) is 0.414. The molecule has 0 spiro atoms. The molecule has 0 radical (unpaired) electrons. The Bertz CT molecular complexity index is 1100. The van der Waals surface area contributed by atoms with Gasteiger partial charge in [0.1, 0.15) is 0 Å². The van der Waals surface area contributed by atoms with E-state index in [4.69, 9.17) is 0 Å². The van der Waals surface area contributed by atoms with Crippen molar-refractivity contribution in [1.82, 2.24) is 15.1 Å². The van der Waals surface area contributed by atoms with Gasteiger partial charge in [0.15, 0.2) is 0 Å². The Morgan fingerprint density at radius 2 is 1.66 bits per heavy atom. The Morgan fingerprint density at radius 1 is 0.971 bits per heavy atom. The lowest BCUT2D eigenvalue weighted by Gasteiger charge is -2.39. The molecule has 2 aliphatic rings. The average molecular weight is 515 g/mol. The summed E-state index contributed by atoms with van der Waals surface area (Å²) in [5.41, 5.74) is 3.84. The van der Waals surface area contributed by atoms with E-state index in [1.807, 2.05) is 31.3 Å². The van der Waals surface area contributed by atoms with E-state index in [2.05, 4.69) is 57.6 Å². The number of carbonyl (C=O) groups is 1. The van der Waals surface area contributed by atoms with Gasteiger partial charge in [0.2, 0.25) is 0 Å². The molecule has 0 saturated carbocycles. The SMILES string of the molecule is CNCCN(CC1CCCN(C2Cc3ccccc3C2)C1)C(=O)c1ccc2ccccc2c1.Cl.Cl. The van der Waals surface area contributed by atoms with Crippen LogP contribution in [-0.4, -0.2) is 61.5 Å². The van der Waals surface area contributed by atoms with Crippen LogP contribution in [0.2, 0.25) is 0 Å². The van der Waals surface area contributed by atoms with Crippen LogP contribution in [0.4, 0.5) is 0 Å². The predicted octanol–water partition coefficient (Wildman–Crippen LogP) is 5.22. The molecule has 5 rings (SSSR count). The number of nitrogens with one attached hydrogen (secondary N) is 1. The fourth-order valence-corrected chi connectivity index (χ4v) is 5.71. The Hall–Kier alpha value is -2.11. The summed E-state index contributed by atoms with van der Waals surface area (Å²) in [6.07, 6.45) is 4.77. The molecule has 188 valence electrons. The molecular formula is C29H37Cl2N3O. The van der Waals surface area contributed by atoms with Gasteiger partial charge in [-0.25, -0.2) is 0 Å². The lowest BCUT2D eigenvalue weighted by molar-refractivity contribution is 0.0646. The first-order chi connectivity index (χ1) is 16.2. The zero-order valence-corrected chi connectivity index (χ0v) is 22.1. The second-order valence-electron chi connectivity index (χ2n) is 9.75. The largest absolute Gasteiger partial charge is 0.337 e. The number of hydrogen-bond donors (Lipinski definition) is 1. The molecule has 0 bridgehead atoms. The van der Waals surface area contributed by atoms with Crippen molar-refractivity contribution in [3.8, 4) is 0 Å². The molecule has 1 fully saturated rings. The van der Waals surface area contributed by atoms with Gasteiger partial charge in [-0.05, 0) is 79.2 Å². The summed E-state index contributed by atoms with van der Waals surface area (Å²) in [4.78, 5) is 18.3. The van der Waals surface area contributed by atoms with E-state index in [9.17, 15) is 4.79 Å². The first-order valence-electron chi connectivity index (χ1n) is 12.4. The predicted molar refractivity (Wildman–Crippen MR) is 150 cm³/mol. The molecule has 1 saturated heterocycles. The van der Waals surface area contributed by atoms with Crippen LogP contribution < -0.4 is 5.32 Å². The number of benzene rings is 3. The van der Waals surface area contributed by atoms with Gasteiger partial charge in [0, 0.05) is 37.8 Å². The van der Waals surface area contributed by atoms with Gasteiger partial charge >= 0.3 is 0 Å². The number of fused-ring (bicyclic) bond motifs is 2. The van der Waals surface area contributed by atoms with Crippen LogP contribution in [0.25, 0.3) is 10.8 Å². The Labute approximate surface area is 221 Å². The summed E-state index contributed by atoms with van der Waals surface area (Å²) < 4.78 is 0. The highest BCUT2D eigenvalue weighted by atomic mass is 35.5. The van der Waals surface area contributed by atoms with Crippen molar-refractivity contribution in [3.63, 3.8) is 0 Å². The van der Waals surface area contributed by atoms with Crippen molar-refractivity contribution in [1.29, 1.82) is 0 Å². The smallest absolute Gasteiger partial charge is 0.253 e. The zero-order chi connectivity index (χ0) is 22.6. The van der Waals surface area contributed by atoms with E-state index < -0.39 is 0 Å². The number of carbonyl (C=O) groups excluding carboxylic acids is 1. The third-order valence-corrected chi connectivity index (χ3v) is 7.49. The van der Waals surface area contributed by atoms with E-state index in [1.54, 1.807) is 0 Å². The van der Waals surface area contributed by atoms with E-state index in [1.165, 1.54) is 48.7 Å². The van der Waals surface area contributed by atoms with E-state index in [0.717, 1.165) is 37.1 Å². The first kappa shape index (κ1) is 27.5. The monoisotopic (exact) mass is 513 g/mol. The molecule has 1 aliphatic carbocycles. The number of amides is 1. The minimum absolute atomic E-state index is 0. The van der Waals surface area contributed by atoms with Gasteiger partial charge in [0.05, 0.1) is 0 Å². The summed E-state index contributed by atoms with van der Waals surface area (Å²) in [5, 5.41) is 5.53. The Morgan fingerprint density at radius 3 is 2.37 bits per heavy atom. The number of nitrogens with zero attached hydrogens (tertiary/aromatic N) is 2. The zero-order valence-electron chi connectivity index (χ0n) is 20.5. The number of piperidine rings is 1. The standard InChI is InChI=1S/C29H35N3O.2ClH/c1-30-14-16-32(29(33)27-13-12-23-8-2-3-9-24(23)17-27)21-22-7-6-15-31(20-22)28-18-25-10-4-5-11-26(25)19-28;;/h2-5,8-13,17,22,28,30H,6-7,14-16,18-21H2,1H3;2*1H. The molecule has 35 heavy (non-hydrogen) atoms. The van der Waals surface area contributed by atoms with Crippen LogP contribution >= 0.6 is 24.8 Å². The first-order valence-corrected chi connectivity index (χ1v) is 12.4. The molecule has 1 unspecified atom stereocenters. The average Bonchev–Trinajstić information content (AvgIpc) is 3.30. The molecule has 1 atom stereocenters. The van der Waals surface area contributed by atoms with Crippen molar-refractivity contribution in [3.05, 3.63) is 83.4 Å². The van der Waals surface area contributed by atoms with E-state index >= 15 is 0 Å². The summed E-state index contributed by atoms with van der Waals surface area (Å²) in [6, 6.07) is 23.9. The maximum Gasteiger partial charge on any atom is 0.253 e. The van der Waals surface area contributed by atoms with Gasteiger partial charge in [0.25, 0.3) is 5.91 Å². The van der Waals surface area contributed by atoms with Crippen molar-refractivity contribution in [2.75, 3.05) is 39.8 Å². The van der Waals surface area contributed by atoms with Crippen molar-refractivity contribution >= 4 is 41.5 Å². The lowest BCUT2D eigenvalue weighted by Crippen LogP contribution is -2.47. The van der Waals surface area contributed by atoms with Crippen LogP contribution in [-0.2, 0) is 12.8 Å². The number of halogens is 2. The molecule has 1 N–H and O–H groups in total. The highest BCUT2D eigenvalue weighted by molar-refractivity contribution is 5.98. The molecule has 4 nitrogen and oxygen atoms in total. The topological polar surface area (TPSA) is 35.6 Å². The molecule has 3 aromatic rings. The van der Waals surface area contributed by atoms with Crippen molar-refractivity contribution in [2.45, 2.75) is 31.7 Å². The molecule has 1 heterocycles. The third kappa shape index (κ3) is 6.37. The van der Waals surface area contributed by atoms with Crippen LogP contribution in [0.5, 0.6) is 0 Å². The van der Waals surface area contributed by atoms with Crippen LogP contribution in [0.15, 0.2) is 66.7 Å². The van der Waals surface area contributed by atoms with Crippen molar-refractivity contribution in [2.24, 2.45) is 5.92 Å². The Balaban J connectivity index is 0.00000171. The quantitative estimate of drug-likeness (QED) is 0.470. The van der Waals surface area contributed by atoms with Crippen LogP contribution in [0.3, 0.4) is 0 Å². The van der Waals surface area contributed by atoms with Gasteiger partial charge < -0.3 is 10.2 Å².